The summed E-state index contributed by atoms with van der Waals surface area (Å²) in [6.07, 6.45) is 24.1. The van der Waals surface area contributed by atoms with Gasteiger partial charge in [-0.2, -0.15) is 0 Å². The summed E-state index contributed by atoms with van der Waals surface area (Å²) in [5.41, 5.74) is 0. The standard InChI is InChI=1S/C22H35NO4/c1-2-3-4-5-6-7-8-9-10-11-12-13-14-15-16-19-22(25)21(23(26)27)18-17-20-24/h6-7,9-10,12-13,15-16,20-22,25H,2-5,8,11,14,17-19H2,1H3/b7-6-,10-9-,13-12-,16-15-. The zero-order chi connectivity index (χ0) is 20.2. The van der Waals surface area contributed by atoms with Crippen molar-refractivity contribution in [1.29, 1.82) is 0 Å². The molecule has 0 spiro atoms. The Morgan fingerprint density at radius 2 is 1.44 bits per heavy atom. The summed E-state index contributed by atoms with van der Waals surface area (Å²) in [7, 11) is 0. The molecular weight excluding hydrogens is 342 g/mol. The Bertz CT molecular complexity index is 495. The highest BCUT2D eigenvalue weighted by molar-refractivity contribution is 5.49. The monoisotopic (exact) mass is 377 g/mol. The van der Waals surface area contributed by atoms with Gasteiger partial charge in [0.2, 0.25) is 6.04 Å². The first-order valence-electron chi connectivity index (χ1n) is 9.98. The van der Waals surface area contributed by atoms with Gasteiger partial charge in [0.25, 0.3) is 0 Å². The van der Waals surface area contributed by atoms with Crippen LogP contribution in [0.1, 0.15) is 71.1 Å². The molecule has 0 aliphatic heterocycles. The molecule has 0 saturated heterocycles. The fourth-order valence-corrected chi connectivity index (χ4v) is 2.51. The van der Waals surface area contributed by atoms with E-state index in [4.69, 9.17) is 0 Å². The van der Waals surface area contributed by atoms with Crippen molar-refractivity contribution >= 4 is 6.29 Å². The number of aldehydes is 1. The maximum Gasteiger partial charge on any atom is 0.239 e. The van der Waals surface area contributed by atoms with Crippen LogP contribution in [0.5, 0.6) is 0 Å². The van der Waals surface area contributed by atoms with Crippen LogP contribution >= 0.6 is 0 Å². The van der Waals surface area contributed by atoms with Crippen molar-refractivity contribution in [3.05, 3.63) is 58.7 Å². The molecule has 0 bridgehead atoms. The SMILES string of the molecule is CCCCC/C=C\C/C=C\C/C=C\C/C=C\CC(O)C(CCC=O)[N+](=O)[O-]. The topological polar surface area (TPSA) is 80.4 Å². The molecule has 5 heteroatoms. The molecule has 0 amide bonds. The van der Waals surface area contributed by atoms with Crippen molar-refractivity contribution in [3.63, 3.8) is 0 Å². The van der Waals surface area contributed by atoms with Gasteiger partial charge in [-0.15, -0.1) is 0 Å². The first-order chi connectivity index (χ1) is 13.1. The van der Waals surface area contributed by atoms with E-state index in [-0.39, 0.29) is 19.3 Å². The van der Waals surface area contributed by atoms with Gasteiger partial charge in [0.05, 0.1) is 0 Å². The second-order valence-electron chi connectivity index (χ2n) is 6.49. The van der Waals surface area contributed by atoms with Crippen LogP contribution in [0, 0.1) is 10.1 Å². The summed E-state index contributed by atoms with van der Waals surface area (Å²) in [5.74, 6) is 0. The number of allylic oxidation sites excluding steroid dienone is 7. The smallest absolute Gasteiger partial charge is 0.239 e. The van der Waals surface area contributed by atoms with E-state index in [1.165, 1.54) is 25.7 Å². The number of nitrogens with zero attached hydrogens (tertiary/aromatic N) is 1. The molecule has 0 rings (SSSR count). The lowest BCUT2D eigenvalue weighted by molar-refractivity contribution is -0.534. The molecule has 2 atom stereocenters. The highest BCUT2D eigenvalue weighted by Crippen LogP contribution is 2.10. The molecule has 0 aromatic carbocycles. The molecular formula is C22H35NO4. The van der Waals surface area contributed by atoms with E-state index in [0.717, 1.165) is 19.3 Å². The third kappa shape index (κ3) is 15.9. The minimum absolute atomic E-state index is 0.0751. The molecule has 0 aliphatic carbocycles. The predicted molar refractivity (Wildman–Crippen MR) is 111 cm³/mol. The number of nitro groups is 1. The van der Waals surface area contributed by atoms with Crippen LogP contribution in [0.15, 0.2) is 48.6 Å². The maximum absolute atomic E-state index is 10.9. The zero-order valence-corrected chi connectivity index (χ0v) is 16.5. The number of carbonyl (C=O) groups is 1. The Morgan fingerprint density at radius 1 is 0.889 bits per heavy atom. The Kier molecular flexibility index (Phi) is 17.4. The van der Waals surface area contributed by atoms with Crippen molar-refractivity contribution in [2.45, 2.75) is 83.3 Å². The summed E-state index contributed by atoms with van der Waals surface area (Å²) < 4.78 is 0. The van der Waals surface area contributed by atoms with E-state index >= 15 is 0 Å². The van der Waals surface area contributed by atoms with Crippen LogP contribution in [0.2, 0.25) is 0 Å². The van der Waals surface area contributed by atoms with Gasteiger partial charge < -0.3 is 9.90 Å². The third-order valence-electron chi connectivity index (χ3n) is 4.13. The summed E-state index contributed by atoms with van der Waals surface area (Å²) in [4.78, 5) is 20.7. The number of aliphatic hydroxyl groups is 1. The predicted octanol–water partition coefficient (Wildman–Crippen LogP) is 5.34. The first-order valence-corrected chi connectivity index (χ1v) is 9.98. The van der Waals surface area contributed by atoms with Gasteiger partial charge >= 0.3 is 0 Å². The van der Waals surface area contributed by atoms with Crippen LogP contribution in [-0.2, 0) is 4.79 Å². The molecule has 0 aromatic rings. The highest BCUT2D eigenvalue weighted by atomic mass is 16.6. The Hall–Kier alpha value is -2.01. The first kappa shape index (κ1) is 25.0. The Labute approximate surface area is 163 Å². The maximum atomic E-state index is 10.9. The van der Waals surface area contributed by atoms with Gasteiger partial charge in [0, 0.05) is 17.8 Å². The molecule has 27 heavy (non-hydrogen) atoms. The van der Waals surface area contributed by atoms with Gasteiger partial charge in [0.1, 0.15) is 12.4 Å². The Morgan fingerprint density at radius 3 is 1.96 bits per heavy atom. The zero-order valence-electron chi connectivity index (χ0n) is 16.5. The van der Waals surface area contributed by atoms with E-state index < -0.39 is 17.1 Å². The molecule has 0 aromatic heterocycles. The molecule has 0 fully saturated rings. The van der Waals surface area contributed by atoms with Gasteiger partial charge in [-0.25, -0.2) is 0 Å². The fraction of sp³-hybridized carbons (Fsp3) is 0.591. The van der Waals surface area contributed by atoms with Crippen LogP contribution < -0.4 is 0 Å². The van der Waals surface area contributed by atoms with E-state index in [0.29, 0.717) is 6.29 Å². The average Bonchev–Trinajstić information content (AvgIpc) is 2.65. The lowest BCUT2D eigenvalue weighted by Gasteiger charge is -2.13. The number of carbonyl (C=O) groups excluding carboxylic acids is 1. The van der Waals surface area contributed by atoms with E-state index in [2.05, 4.69) is 37.3 Å². The lowest BCUT2D eigenvalue weighted by Crippen LogP contribution is -2.33. The van der Waals surface area contributed by atoms with Crippen LogP contribution in [0.4, 0.5) is 0 Å². The van der Waals surface area contributed by atoms with Crippen molar-refractivity contribution in [2.24, 2.45) is 0 Å². The molecule has 152 valence electrons. The van der Waals surface area contributed by atoms with Crippen molar-refractivity contribution < 1.29 is 14.8 Å². The highest BCUT2D eigenvalue weighted by Gasteiger charge is 2.28. The van der Waals surface area contributed by atoms with Gasteiger partial charge in [0.15, 0.2) is 0 Å². The van der Waals surface area contributed by atoms with Crippen molar-refractivity contribution in [1.82, 2.24) is 0 Å². The fourth-order valence-electron chi connectivity index (χ4n) is 2.51. The quantitative estimate of drug-likeness (QED) is 0.122. The number of rotatable bonds is 17. The summed E-state index contributed by atoms with van der Waals surface area (Å²) in [6.45, 7) is 2.21. The largest absolute Gasteiger partial charge is 0.386 e. The van der Waals surface area contributed by atoms with E-state index in [1.807, 2.05) is 12.2 Å². The van der Waals surface area contributed by atoms with E-state index in [1.54, 1.807) is 6.08 Å². The molecule has 0 aliphatic rings. The molecule has 0 heterocycles. The number of aliphatic hydroxyl groups excluding tert-OH is 1. The van der Waals surface area contributed by atoms with Gasteiger partial charge in [-0.05, 0) is 38.5 Å². The van der Waals surface area contributed by atoms with E-state index in [9.17, 15) is 20.0 Å². The summed E-state index contributed by atoms with van der Waals surface area (Å²) in [5, 5.41) is 20.8. The van der Waals surface area contributed by atoms with Crippen LogP contribution in [0.3, 0.4) is 0 Å². The summed E-state index contributed by atoms with van der Waals surface area (Å²) in [6, 6.07) is -1.08. The second-order valence-corrected chi connectivity index (χ2v) is 6.49. The minimum atomic E-state index is -1.08. The average molecular weight is 378 g/mol. The normalized spacial score (nSPS) is 14.6. The third-order valence-corrected chi connectivity index (χ3v) is 4.13. The molecule has 0 radical (unpaired) electrons. The number of unbranched alkanes of at least 4 members (excludes halogenated alkanes) is 3. The molecule has 5 nitrogen and oxygen atoms in total. The molecule has 1 N–H and O–H groups in total. The second kappa shape index (κ2) is 18.8. The van der Waals surface area contributed by atoms with Crippen LogP contribution in [-0.4, -0.2) is 28.5 Å². The van der Waals surface area contributed by atoms with Crippen molar-refractivity contribution in [2.75, 3.05) is 0 Å². The lowest BCUT2D eigenvalue weighted by atomic mass is 10.0. The Balaban J connectivity index is 3.84. The molecule has 0 saturated carbocycles. The van der Waals surface area contributed by atoms with Gasteiger partial charge in [-0.1, -0.05) is 68.4 Å². The number of hydrogen-bond acceptors (Lipinski definition) is 4. The molecule has 2 unspecified atom stereocenters. The number of hydrogen-bond donors (Lipinski definition) is 1. The van der Waals surface area contributed by atoms with Crippen LogP contribution in [0.25, 0.3) is 0 Å². The van der Waals surface area contributed by atoms with Crippen molar-refractivity contribution in [3.8, 4) is 0 Å². The van der Waals surface area contributed by atoms with Gasteiger partial charge in [-0.3, -0.25) is 10.1 Å². The minimum Gasteiger partial charge on any atom is -0.386 e. The summed E-state index contributed by atoms with van der Waals surface area (Å²) >= 11 is 0.